The molecule has 86 valence electrons. The number of carbonyl (C=O) groups is 2. The van der Waals surface area contributed by atoms with Gasteiger partial charge in [0, 0.05) is 12.8 Å². The Kier molecular flexibility index (Phi) is 4.72. The van der Waals surface area contributed by atoms with Crippen molar-refractivity contribution in [2.45, 2.75) is 45.2 Å². The van der Waals surface area contributed by atoms with Gasteiger partial charge in [-0.3, -0.25) is 9.59 Å². The lowest BCUT2D eigenvalue weighted by molar-refractivity contribution is -0.151. The molecule has 0 aromatic carbocycles. The maximum atomic E-state index is 13.6. The van der Waals surface area contributed by atoms with Gasteiger partial charge in [-0.2, -0.15) is 0 Å². The van der Waals surface area contributed by atoms with Crippen LogP contribution in [0, 0.1) is 5.92 Å². The number of hydrogen-bond acceptors (Lipinski definition) is 3. The highest BCUT2D eigenvalue weighted by Gasteiger charge is 2.31. The normalized spacial score (nSPS) is 28.0. The molecule has 0 bridgehead atoms. The van der Waals surface area contributed by atoms with Gasteiger partial charge in [-0.15, -0.1) is 0 Å². The van der Waals surface area contributed by atoms with E-state index in [0.717, 1.165) is 0 Å². The van der Waals surface area contributed by atoms with Gasteiger partial charge in [-0.25, -0.2) is 4.39 Å². The first-order valence-electron chi connectivity index (χ1n) is 5.47. The van der Waals surface area contributed by atoms with E-state index in [0.29, 0.717) is 25.7 Å². The van der Waals surface area contributed by atoms with Crippen molar-refractivity contribution < 1.29 is 18.7 Å². The van der Waals surface area contributed by atoms with Gasteiger partial charge in [0.2, 0.25) is 0 Å². The van der Waals surface area contributed by atoms with E-state index in [1.54, 1.807) is 6.92 Å². The van der Waals surface area contributed by atoms with Crippen LogP contribution in [0.3, 0.4) is 0 Å². The lowest BCUT2D eigenvalue weighted by Crippen LogP contribution is -2.29. The number of alkyl halides is 1. The van der Waals surface area contributed by atoms with Crippen molar-refractivity contribution in [1.82, 2.24) is 0 Å². The van der Waals surface area contributed by atoms with Gasteiger partial charge >= 0.3 is 5.97 Å². The molecule has 1 saturated carbocycles. The van der Waals surface area contributed by atoms with Crippen molar-refractivity contribution in [3.8, 4) is 0 Å². The van der Waals surface area contributed by atoms with E-state index in [4.69, 9.17) is 4.74 Å². The molecule has 0 aromatic heterocycles. The predicted molar refractivity (Wildman–Crippen MR) is 53.1 cm³/mol. The highest BCUT2D eigenvalue weighted by Crippen LogP contribution is 2.24. The average Bonchev–Trinajstić information content (AvgIpc) is 2.16. The number of ketones is 1. The monoisotopic (exact) mass is 216 g/mol. The smallest absolute Gasteiger partial charge is 0.311 e. The SMILES string of the molecule is CCOC(=O)C1CCC(=O)CCCC1F. The van der Waals surface area contributed by atoms with Crippen LogP contribution in [0.5, 0.6) is 0 Å². The number of Topliss-reactive ketones (excluding diaryl/α,β-unsaturated/α-hetero) is 1. The molecule has 0 heterocycles. The second kappa shape index (κ2) is 5.83. The summed E-state index contributed by atoms with van der Waals surface area (Å²) in [6, 6.07) is 0. The quantitative estimate of drug-likeness (QED) is 0.663. The van der Waals surface area contributed by atoms with Gasteiger partial charge in [0.1, 0.15) is 12.0 Å². The van der Waals surface area contributed by atoms with Gasteiger partial charge in [0.15, 0.2) is 0 Å². The van der Waals surface area contributed by atoms with Crippen molar-refractivity contribution in [1.29, 1.82) is 0 Å². The molecule has 0 radical (unpaired) electrons. The third-order valence-corrected chi connectivity index (χ3v) is 2.70. The molecule has 4 heteroatoms. The summed E-state index contributed by atoms with van der Waals surface area (Å²) in [5, 5.41) is 0. The van der Waals surface area contributed by atoms with Gasteiger partial charge in [0.25, 0.3) is 0 Å². The molecule has 1 rings (SSSR count). The Morgan fingerprint density at radius 2 is 2.20 bits per heavy atom. The minimum Gasteiger partial charge on any atom is -0.466 e. The first-order valence-corrected chi connectivity index (χ1v) is 5.47. The Labute approximate surface area is 89.0 Å². The van der Waals surface area contributed by atoms with E-state index >= 15 is 0 Å². The minimum absolute atomic E-state index is 0.121. The van der Waals surface area contributed by atoms with E-state index in [1.807, 2.05) is 0 Å². The molecule has 2 atom stereocenters. The molecular formula is C11H17FO3. The summed E-state index contributed by atoms with van der Waals surface area (Å²) >= 11 is 0. The number of esters is 1. The molecule has 0 aromatic rings. The van der Waals surface area contributed by atoms with E-state index in [9.17, 15) is 14.0 Å². The van der Waals surface area contributed by atoms with Gasteiger partial charge in [-0.1, -0.05) is 0 Å². The zero-order chi connectivity index (χ0) is 11.3. The summed E-state index contributed by atoms with van der Waals surface area (Å²) in [6.07, 6.45) is 0.696. The van der Waals surface area contributed by atoms with Crippen LogP contribution in [0.2, 0.25) is 0 Å². The molecule has 0 aliphatic heterocycles. The molecule has 0 spiro atoms. The Bertz CT molecular complexity index is 240. The third kappa shape index (κ3) is 3.61. The topological polar surface area (TPSA) is 43.4 Å². The first-order chi connectivity index (χ1) is 7.15. The maximum Gasteiger partial charge on any atom is 0.311 e. The molecular weight excluding hydrogens is 199 g/mol. The van der Waals surface area contributed by atoms with Crippen LogP contribution in [0.25, 0.3) is 0 Å². The lowest BCUT2D eigenvalue weighted by atomic mass is 9.89. The van der Waals surface area contributed by atoms with Crippen molar-refractivity contribution in [2.75, 3.05) is 6.61 Å². The largest absolute Gasteiger partial charge is 0.466 e. The molecule has 0 saturated heterocycles. The maximum absolute atomic E-state index is 13.6. The van der Waals surface area contributed by atoms with Crippen molar-refractivity contribution >= 4 is 11.8 Å². The van der Waals surface area contributed by atoms with E-state index in [2.05, 4.69) is 0 Å². The second-order valence-corrected chi connectivity index (χ2v) is 3.84. The second-order valence-electron chi connectivity index (χ2n) is 3.84. The highest BCUT2D eigenvalue weighted by atomic mass is 19.1. The lowest BCUT2D eigenvalue weighted by Gasteiger charge is -2.21. The van der Waals surface area contributed by atoms with Crippen LogP contribution in [-0.4, -0.2) is 24.5 Å². The van der Waals surface area contributed by atoms with Crippen molar-refractivity contribution in [3.63, 3.8) is 0 Å². The zero-order valence-electron chi connectivity index (χ0n) is 9.00. The van der Waals surface area contributed by atoms with E-state index in [-0.39, 0.29) is 18.8 Å². The summed E-state index contributed by atoms with van der Waals surface area (Å²) in [5.41, 5.74) is 0. The summed E-state index contributed by atoms with van der Waals surface area (Å²) in [5.74, 6) is -1.12. The fraction of sp³-hybridized carbons (Fsp3) is 0.818. The fourth-order valence-electron chi connectivity index (χ4n) is 1.83. The number of ether oxygens (including phenoxy) is 1. The Morgan fingerprint density at radius 3 is 2.87 bits per heavy atom. The number of hydrogen-bond donors (Lipinski definition) is 0. The van der Waals surface area contributed by atoms with Crippen molar-refractivity contribution in [3.05, 3.63) is 0 Å². The zero-order valence-corrected chi connectivity index (χ0v) is 9.00. The van der Waals surface area contributed by atoms with Crippen LogP contribution in [0.1, 0.15) is 39.0 Å². The van der Waals surface area contributed by atoms with Crippen LogP contribution in [0.4, 0.5) is 4.39 Å². The third-order valence-electron chi connectivity index (χ3n) is 2.70. The predicted octanol–water partition coefficient (Wildman–Crippen LogP) is 2.04. The Morgan fingerprint density at radius 1 is 1.47 bits per heavy atom. The van der Waals surface area contributed by atoms with Gasteiger partial charge < -0.3 is 4.74 Å². The molecule has 3 nitrogen and oxygen atoms in total. The van der Waals surface area contributed by atoms with Gasteiger partial charge in [0.05, 0.1) is 12.5 Å². The summed E-state index contributed by atoms with van der Waals surface area (Å²) in [7, 11) is 0. The molecule has 2 unspecified atom stereocenters. The molecule has 0 N–H and O–H groups in total. The van der Waals surface area contributed by atoms with Crippen LogP contribution in [0.15, 0.2) is 0 Å². The fourth-order valence-corrected chi connectivity index (χ4v) is 1.83. The summed E-state index contributed by atoms with van der Waals surface area (Å²) in [6.45, 7) is 1.95. The standard InChI is InChI=1S/C11H17FO3/c1-2-15-11(14)9-7-6-8(13)4-3-5-10(9)12/h9-10H,2-7H2,1H3. The first kappa shape index (κ1) is 12.1. The van der Waals surface area contributed by atoms with E-state index < -0.39 is 18.1 Å². The Balaban J connectivity index is 2.57. The van der Waals surface area contributed by atoms with Gasteiger partial charge in [-0.05, 0) is 26.2 Å². The van der Waals surface area contributed by atoms with E-state index in [1.165, 1.54) is 0 Å². The minimum atomic E-state index is -1.16. The highest BCUT2D eigenvalue weighted by molar-refractivity contribution is 5.80. The number of rotatable bonds is 2. The van der Waals surface area contributed by atoms with Crippen molar-refractivity contribution in [2.24, 2.45) is 5.92 Å². The number of carbonyl (C=O) groups excluding carboxylic acids is 2. The average molecular weight is 216 g/mol. The summed E-state index contributed by atoms with van der Waals surface area (Å²) < 4.78 is 18.4. The molecule has 1 fully saturated rings. The molecule has 0 amide bonds. The molecule has 1 aliphatic carbocycles. The Hall–Kier alpha value is -0.930. The van der Waals surface area contributed by atoms with Crippen LogP contribution in [-0.2, 0) is 14.3 Å². The van der Waals surface area contributed by atoms with Crippen LogP contribution < -0.4 is 0 Å². The summed E-state index contributed by atoms with van der Waals surface area (Å²) in [4.78, 5) is 22.6. The number of halogens is 1. The molecule has 1 aliphatic rings. The van der Waals surface area contributed by atoms with Crippen LogP contribution >= 0.6 is 0 Å². The molecule has 15 heavy (non-hydrogen) atoms.